The molecule has 2 fully saturated rings. The first-order valence-corrected chi connectivity index (χ1v) is 13.1. The van der Waals surface area contributed by atoms with Crippen LogP contribution in [0.1, 0.15) is 41.1 Å². The lowest BCUT2D eigenvalue weighted by Crippen LogP contribution is -2.39. The third-order valence-corrected chi connectivity index (χ3v) is 7.65. The molecule has 0 spiro atoms. The van der Waals surface area contributed by atoms with Crippen molar-refractivity contribution < 1.29 is 9.47 Å². The van der Waals surface area contributed by atoms with E-state index in [9.17, 15) is 0 Å². The minimum Gasteiger partial charge on any atom is -0.497 e. The van der Waals surface area contributed by atoms with E-state index in [4.69, 9.17) is 26.7 Å². The molecular weight excluding hydrogens is 470 g/mol. The molecule has 5 rings (SSSR count). The van der Waals surface area contributed by atoms with Crippen molar-refractivity contribution in [3.63, 3.8) is 0 Å². The Bertz CT molecular complexity index is 1170. The SMILES string of the molecule is COc1ccc(-n2c(C)cc(C3C(c4ccccn4)NC(=S)N3CCCN3CCOCC3)c2C)cc1. The molecule has 3 aromatic rings. The molecular formula is C28H35N5O2S. The van der Waals surface area contributed by atoms with Crippen LogP contribution in [0.25, 0.3) is 5.69 Å². The molecule has 2 aromatic heterocycles. The number of morpholine rings is 1. The van der Waals surface area contributed by atoms with Crippen LogP contribution in [0.3, 0.4) is 0 Å². The van der Waals surface area contributed by atoms with Gasteiger partial charge in [0.05, 0.1) is 38.1 Å². The van der Waals surface area contributed by atoms with E-state index in [-0.39, 0.29) is 12.1 Å². The van der Waals surface area contributed by atoms with Gasteiger partial charge in [-0.15, -0.1) is 0 Å². The molecule has 1 aromatic carbocycles. The number of ether oxygens (including phenoxy) is 2. The van der Waals surface area contributed by atoms with E-state index in [2.05, 4.69) is 57.8 Å². The molecule has 190 valence electrons. The standard InChI is InChI=1S/C28H35N5O2S/c1-20-19-24(21(2)33(20)22-8-10-23(34-3)11-9-22)27-26(25-7-4-5-12-29-25)30-28(36)32(27)14-6-13-31-15-17-35-18-16-31/h4-5,7-12,19,26-27H,6,13-18H2,1-3H3,(H,30,36). The number of nitrogens with zero attached hydrogens (tertiary/aromatic N) is 4. The summed E-state index contributed by atoms with van der Waals surface area (Å²) in [6.45, 7) is 9.97. The maximum absolute atomic E-state index is 5.90. The Hall–Kier alpha value is -2.94. The average molecular weight is 506 g/mol. The van der Waals surface area contributed by atoms with Crippen LogP contribution >= 0.6 is 12.2 Å². The highest BCUT2D eigenvalue weighted by atomic mass is 32.1. The second-order valence-electron chi connectivity index (χ2n) is 9.49. The first-order chi connectivity index (χ1) is 17.6. The molecule has 36 heavy (non-hydrogen) atoms. The summed E-state index contributed by atoms with van der Waals surface area (Å²) >= 11 is 5.90. The number of hydrogen-bond donors (Lipinski definition) is 1. The number of hydrogen-bond acceptors (Lipinski definition) is 5. The summed E-state index contributed by atoms with van der Waals surface area (Å²) < 4.78 is 13.2. The minimum absolute atomic E-state index is 0.00750. The predicted molar refractivity (Wildman–Crippen MR) is 146 cm³/mol. The van der Waals surface area contributed by atoms with Crippen molar-refractivity contribution in [2.45, 2.75) is 32.4 Å². The summed E-state index contributed by atoms with van der Waals surface area (Å²) in [5.74, 6) is 0.855. The van der Waals surface area contributed by atoms with Crippen molar-refractivity contribution in [1.29, 1.82) is 0 Å². The van der Waals surface area contributed by atoms with Crippen LogP contribution in [-0.2, 0) is 4.74 Å². The van der Waals surface area contributed by atoms with E-state index in [0.717, 1.165) is 68.1 Å². The summed E-state index contributed by atoms with van der Waals surface area (Å²) in [4.78, 5) is 9.56. The molecule has 0 radical (unpaired) electrons. The van der Waals surface area contributed by atoms with Crippen molar-refractivity contribution in [2.75, 3.05) is 46.5 Å². The number of rotatable bonds is 8. The summed E-state index contributed by atoms with van der Waals surface area (Å²) in [6, 6.07) is 16.7. The number of pyridine rings is 1. The van der Waals surface area contributed by atoms with E-state index in [1.165, 1.54) is 17.0 Å². The topological polar surface area (TPSA) is 54.8 Å². The fourth-order valence-electron chi connectivity index (χ4n) is 5.49. The van der Waals surface area contributed by atoms with Crippen LogP contribution in [-0.4, -0.2) is 71.0 Å². The second-order valence-corrected chi connectivity index (χ2v) is 9.87. The van der Waals surface area contributed by atoms with Crippen molar-refractivity contribution in [3.05, 3.63) is 77.4 Å². The molecule has 2 aliphatic rings. The smallest absolute Gasteiger partial charge is 0.170 e. The predicted octanol–water partition coefficient (Wildman–Crippen LogP) is 4.19. The number of methoxy groups -OCH3 is 1. The first-order valence-electron chi connectivity index (χ1n) is 12.7. The highest BCUT2D eigenvalue weighted by Crippen LogP contribution is 2.41. The summed E-state index contributed by atoms with van der Waals surface area (Å²) in [7, 11) is 1.70. The molecule has 2 unspecified atom stereocenters. The maximum Gasteiger partial charge on any atom is 0.170 e. The van der Waals surface area contributed by atoms with Crippen LogP contribution < -0.4 is 10.1 Å². The number of aryl methyl sites for hydroxylation is 1. The Morgan fingerprint density at radius 3 is 2.56 bits per heavy atom. The Kier molecular flexibility index (Phi) is 7.55. The number of aromatic nitrogens is 2. The largest absolute Gasteiger partial charge is 0.497 e. The van der Waals surface area contributed by atoms with Crippen LogP contribution in [0, 0.1) is 13.8 Å². The van der Waals surface area contributed by atoms with Crippen LogP contribution in [0.4, 0.5) is 0 Å². The lowest BCUT2D eigenvalue weighted by atomic mass is 9.96. The highest BCUT2D eigenvalue weighted by Gasteiger charge is 2.41. The molecule has 2 saturated heterocycles. The zero-order chi connectivity index (χ0) is 25.1. The molecule has 1 N–H and O–H groups in total. The van der Waals surface area contributed by atoms with Gasteiger partial charge in [-0.3, -0.25) is 9.88 Å². The van der Waals surface area contributed by atoms with Crippen molar-refractivity contribution in [1.82, 2.24) is 24.7 Å². The number of benzene rings is 1. The van der Waals surface area contributed by atoms with E-state index in [1.54, 1.807) is 7.11 Å². The van der Waals surface area contributed by atoms with Crippen molar-refractivity contribution in [3.8, 4) is 11.4 Å². The molecule has 0 bridgehead atoms. The van der Waals surface area contributed by atoms with Crippen LogP contribution in [0.15, 0.2) is 54.7 Å². The molecule has 0 saturated carbocycles. The molecule has 2 atom stereocenters. The van der Waals surface area contributed by atoms with Gasteiger partial charge in [0.25, 0.3) is 0 Å². The monoisotopic (exact) mass is 505 g/mol. The van der Waals surface area contributed by atoms with E-state index >= 15 is 0 Å². The van der Waals surface area contributed by atoms with E-state index in [0.29, 0.717) is 0 Å². The van der Waals surface area contributed by atoms with Gasteiger partial charge in [0.2, 0.25) is 0 Å². The van der Waals surface area contributed by atoms with Gasteiger partial charge in [-0.2, -0.15) is 0 Å². The zero-order valence-electron chi connectivity index (χ0n) is 21.3. The molecule has 7 nitrogen and oxygen atoms in total. The van der Waals surface area contributed by atoms with E-state index < -0.39 is 0 Å². The number of nitrogens with one attached hydrogen (secondary N) is 1. The maximum atomic E-state index is 5.90. The third kappa shape index (κ3) is 4.98. The fraction of sp³-hybridized carbons (Fsp3) is 0.429. The quantitative estimate of drug-likeness (QED) is 0.461. The van der Waals surface area contributed by atoms with Gasteiger partial charge in [0, 0.05) is 49.5 Å². The van der Waals surface area contributed by atoms with Gasteiger partial charge in [0.1, 0.15) is 5.75 Å². The molecule has 0 aliphatic carbocycles. The zero-order valence-corrected chi connectivity index (χ0v) is 22.1. The van der Waals surface area contributed by atoms with Crippen LogP contribution in [0.5, 0.6) is 5.75 Å². The van der Waals surface area contributed by atoms with Gasteiger partial charge in [-0.25, -0.2) is 0 Å². The minimum atomic E-state index is -0.00750. The van der Waals surface area contributed by atoms with Gasteiger partial charge in [0.15, 0.2) is 5.11 Å². The molecule has 0 amide bonds. The van der Waals surface area contributed by atoms with Gasteiger partial charge < -0.3 is 24.3 Å². The van der Waals surface area contributed by atoms with Crippen molar-refractivity contribution >= 4 is 17.3 Å². The van der Waals surface area contributed by atoms with Gasteiger partial charge in [-0.05, 0) is 80.5 Å². The normalized spacial score (nSPS) is 20.5. The Balaban J connectivity index is 1.46. The van der Waals surface area contributed by atoms with E-state index in [1.807, 2.05) is 30.5 Å². The second kappa shape index (κ2) is 11.0. The Morgan fingerprint density at radius 1 is 1.08 bits per heavy atom. The average Bonchev–Trinajstić information content (AvgIpc) is 3.39. The summed E-state index contributed by atoms with van der Waals surface area (Å²) in [5, 5.41) is 4.40. The molecule has 8 heteroatoms. The van der Waals surface area contributed by atoms with Gasteiger partial charge in [-0.1, -0.05) is 6.07 Å². The highest BCUT2D eigenvalue weighted by molar-refractivity contribution is 7.80. The first kappa shape index (κ1) is 24.7. The fourth-order valence-corrected chi connectivity index (χ4v) is 5.82. The number of thiocarbonyl (C=S) groups is 1. The molecule has 4 heterocycles. The van der Waals surface area contributed by atoms with Crippen LogP contribution in [0.2, 0.25) is 0 Å². The Morgan fingerprint density at radius 2 is 1.86 bits per heavy atom. The van der Waals surface area contributed by atoms with Crippen molar-refractivity contribution in [2.24, 2.45) is 0 Å². The summed E-state index contributed by atoms with van der Waals surface area (Å²) in [5.41, 5.74) is 5.82. The third-order valence-electron chi connectivity index (χ3n) is 7.29. The lowest BCUT2D eigenvalue weighted by molar-refractivity contribution is 0.0365. The Labute approximate surface area is 219 Å². The summed E-state index contributed by atoms with van der Waals surface area (Å²) in [6.07, 6.45) is 2.91. The molecule has 2 aliphatic heterocycles. The van der Waals surface area contributed by atoms with Gasteiger partial charge >= 0.3 is 0 Å². The lowest BCUT2D eigenvalue weighted by Gasteiger charge is -2.30.